The van der Waals surface area contributed by atoms with Gasteiger partial charge in [0.2, 0.25) is 11.3 Å². The zero-order valence-electron chi connectivity index (χ0n) is 15.3. The number of anilines is 1. The predicted octanol–water partition coefficient (Wildman–Crippen LogP) is 2.45. The molecule has 1 amide bonds. The first-order chi connectivity index (χ1) is 13.8. The van der Waals surface area contributed by atoms with Gasteiger partial charge in [-0.3, -0.25) is 9.59 Å². The van der Waals surface area contributed by atoms with Crippen molar-refractivity contribution in [3.8, 4) is 0 Å². The molecule has 29 heavy (non-hydrogen) atoms. The molecule has 0 radical (unpaired) electrons. The van der Waals surface area contributed by atoms with E-state index < -0.39 is 22.8 Å². The van der Waals surface area contributed by atoms with Crippen LogP contribution in [-0.4, -0.2) is 46.4 Å². The van der Waals surface area contributed by atoms with E-state index in [-0.39, 0.29) is 39.8 Å². The van der Waals surface area contributed by atoms with E-state index in [1.165, 1.54) is 6.20 Å². The first-order valence-electron chi connectivity index (χ1n) is 9.27. The third-order valence-electron chi connectivity index (χ3n) is 5.37. The van der Waals surface area contributed by atoms with Crippen molar-refractivity contribution < 1.29 is 19.1 Å². The van der Waals surface area contributed by atoms with Crippen LogP contribution >= 0.6 is 24.2 Å². The molecule has 0 spiro atoms. The van der Waals surface area contributed by atoms with Gasteiger partial charge in [0.25, 0.3) is 0 Å². The minimum atomic E-state index is -1.35. The molecule has 154 valence electrons. The number of fused-ring (bicyclic) bond motifs is 1. The number of carbonyl (C=O) groups excluding carboxylic acids is 1. The highest BCUT2D eigenvalue weighted by Crippen LogP contribution is 2.42. The van der Waals surface area contributed by atoms with Crippen LogP contribution in [0.5, 0.6) is 0 Å². The maximum Gasteiger partial charge on any atom is 0.341 e. The summed E-state index contributed by atoms with van der Waals surface area (Å²) in [5, 5.41) is 12.2. The Balaban J connectivity index is 1.82. The minimum Gasteiger partial charge on any atom is -0.477 e. The van der Waals surface area contributed by atoms with Crippen LogP contribution in [0.3, 0.4) is 0 Å². The fraction of sp³-hybridized carbons (Fsp3) is 0.421. The predicted molar refractivity (Wildman–Crippen MR) is 111 cm³/mol. The Hall–Kier alpha value is -2.26. The van der Waals surface area contributed by atoms with Gasteiger partial charge in [-0.2, -0.15) is 12.6 Å². The minimum absolute atomic E-state index is 0.0352. The van der Waals surface area contributed by atoms with Crippen LogP contribution in [0.2, 0.25) is 5.02 Å². The van der Waals surface area contributed by atoms with E-state index >= 15 is 4.39 Å². The third-order valence-corrected chi connectivity index (χ3v) is 6.01. The van der Waals surface area contributed by atoms with Gasteiger partial charge in [0, 0.05) is 31.4 Å². The van der Waals surface area contributed by atoms with Crippen molar-refractivity contribution in [1.29, 1.82) is 0 Å². The van der Waals surface area contributed by atoms with Crippen molar-refractivity contribution in [3.63, 3.8) is 0 Å². The molecular weight excluding hydrogens is 421 g/mol. The number of aromatic carboxylic acids is 1. The standard InChI is InChI=1S/C19H19ClFN3O4S/c20-15-16-11(18(26)12(19(27)28)7-24(16)10-1-2-10)5-13(21)17(15)23-4-3-9(6-23)22-14(25)8-29/h5,7,9-10,29H,1-4,6,8H2,(H,22,25)(H,27,28). The van der Waals surface area contributed by atoms with E-state index in [4.69, 9.17) is 11.6 Å². The molecule has 1 aliphatic carbocycles. The molecular formula is C19H19ClFN3O4S. The molecule has 7 nitrogen and oxygen atoms in total. The molecule has 0 bridgehead atoms. The summed E-state index contributed by atoms with van der Waals surface area (Å²) in [6, 6.07) is 0.956. The lowest BCUT2D eigenvalue weighted by Gasteiger charge is -2.23. The second kappa shape index (κ2) is 7.53. The monoisotopic (exact) mass is 439 g/mol. The summed E-state index contributed by atoms with van der Waals surface area (Å²) < 4.78 is 16.7. The van der Waals surface area contributed by atoms with Crippen molar-refractivity contribution >= 4 is 52.7 Å². The number of carboxylic acids is 1. The number of thiol groups is 1. The number of nitrogens with zero attached hydrogens (tertiary/aromatic N) is 2. The van der Waals surface area contributed by atoms with Gasteiger partial charge in [-0.15, -0.1) is 0 Å². The number of halogens is 2. The lowest BCUT2D eigenvalue weighted by molar-refractivity contribution is -0.119. The number of benzene rings is 1. The number of carbonyl (C=O) groups is 2. The van der Waals surface area contributed by atoms with Gasteiger partial charge in [0.1, 0.15) is 11.4 Å². The largest absolute Gasteiger partial charge is 0.477 e. The summed E-state index contributed by atoms with van der Waals surface area (Å²) in [5.74, 6) is -2.17. The summed E-state index contributed by atoms with van der Waals surface area (Å²) >= 11 is 10.5. The number of amides is 1. The maximum absolute atomic E-state index is 15.0. The van der Waals surface area contributed by atoms with Gasteiger partial charge in [-0.05, 0) is 25.3 Å². The number of aromatic nitrogens is 1. The summed E-state index contributed by atoms with van der Waals surface area (Å²) in [5.41, 5.74) is -0.637. The van der Waals surface area contributed by atoms with E-state index in [0.717, 1.165) is 18.9 Å². The summed E-state index contributed by atoms with van der Waals surface area (Å²) in [4.78, 5) is 37.4. The summed E-state index contributed by atoms with van der Waals surface area (Å²) in [6.07, 6.45) is 3.60. The molecule has 1 aromatic heterocycles. The fourth-order valence-electron chi connectivity index (χ4n) is 3.87. The fourth-order valence-corrected chi connectivity index (χ4v) is 4.37. The smallest absolute Gasteiger partial charge is 0.341 e. The van der Waals surface area contributed by atoms with E-state index in [9.17, 15) is 19.5 Å². The van der Waals surface area contributed by atoms with Crippen LogP contribution in [0.4, 0.5) is 10.1 Å². The first kappa shape index (κ1) is 20.0. The van der Waals surface area contributed by atoms with Gasteiger partial charge in [-0.1, -0.05) is 11.6 Å². The number of rotatable bonds is 5. The molecule has 1 saturated carbocycles. The summed E-state index contributed by atoms with van der Waals surface area (Å²) in [6.45, 7) is 0.864. The average molecular weight is 440 g/mol. The summed E-state index contributed by atoms with van der Waals surface area (Å²) in [7, 11) is 0. The zero-order chi connectivity index (χ0) is 20.9. The SMILES string of the molecule is O=C(CS)NC1CCN(c2c(F)cc3c(=O)c(C(=O)O)cn(C4CC4)c3c2Cl)C1. The first-order valence-corrected chi connectivity index (χ1v) is 10.3. The number of pyridine rings is 1. The maximum atomic E-state index is 15.0. The van der Waals surface area contributed by atoms with Crippen LogP contribution in [-0.2, 0) is 4.79 Å². The molecule has 4 rings (SSSR count). The molecule has 2 N–H and O–H groups in total. The molecule has 1 aromatic carbocycles. The highest BCUT2D eigenvalue weighted by Gasteiger charge is 2.32. The molecule has 2 heterocycles. The van der Waals surface area contributed by atoms with E-state index in [1.54, 1.807) is 9.47 Å². The number of hydrogen-bond acceptors (Lipinski definition) is 5. The third kappa shape index (κ3) is 3.57. The molecule has 2 fully saturated rings. The van der Waals surface area contributed by atoms with Crippen LogP contribution in [0.15, 0.2) is 17.1 Å². The molecule has 10 heteroatoms. The number of carboxylic acid groups (broad SMARTS) is 1. The molecule has 2 aliphatic rings. The van der Waals surface area contributed by atoms with Crippen LogP contribution < -0.4 is 15.6 Å². The highest BCUT2D eigenvalue weighted by atomic mass is 35.5. The molecule has 1 unspecified atom stereocenters. The Morgan fingerprint density at radius 1 is 1.34 bits per heavy atom. The van der Waals surface area contributed by atoms with Gasteiger partial charge < -0.3 is 19.9 Å². The van der Waals surface area contributed by atoms with Gasteiger partial charge in [0.05, 0.1) is 27.4 Å². The van der Waals surface area contributed by atoms with Crippen LogP contribution in [0, 0.1) is 5.82 Å². The van der Waals surface area contributed by atoms with Crippen molar-refractivity contribution in [2.24, 2.45) is 0 Å². The Bertz CT molecular complexity index is 1090. The van der Waals surface area contributed by atoms with Gasteiger partial charge in [0.15, 0.2) is 0 Å². The van der Waals surface area contributed by atoms with E-state index in [1.807, 2.05) is 0 Å². The molecule has 2 aromatic rings. The van der Waals surface area contributed by atoms with E-state index in [2.05, 4.69) is 17.9 Å². The van der Waals surface area contributed by atoms with Crippen molar-refractivity contribution in [3.05, 3.63) is 38.9 Å². The Kier molecular flexibility index (Phi) is 5.20. The second-order valence-corrected chi connectivity index (χ2v) is 8.08. The van der Waals surface area contributed by atoms with Gasteiger partial charge >= 0.3 is 5.97 Å². The van der Waals surface area contributed by atoms with Crippen molar-refractivity contribution in [2.45, 2.75) is 31.3 Å². The Morgan fingerprint density at radius 3 is 2.69 bits per heavy atom. The molecule has 1 atom stereocenters. The lowest BCUT2D eigenvalue weighted by atomic mass is 10.1. The number of nitrogens with one attached hydrogen (secondary N) is 1. The lowest BCUT2D eigenvalue weighted by Crippen LogP contribution is -2.38. The molecule has 1 saturated heterocycles. The normalized spacial score (nSPS) is 19.0. The molecule has 1 aliphatic heterocycles. The van der Waals surface area contributed by atoms with Crippen molar-refractivity contribution in [1.82, 2.24) is 9.88 Å². The Labute approximate surface area is 175 Å². The second-order valence-electron chi connectivity index (χ2n) is 7.39. The Morgan fingerprint density at radius 2 is 2.07 bits per heavy atom. The van der Waals surface area contributed by atoms with Gasteiger partial charge in [-0.25, -0.2) is 9.18 Å². The quantitative estimate of drug-likeness (QED) is 0.622. The average Bonchev–Trinajstić information content (AvgIpc) is 3.42. The van der Waals surface area contributed by atoms with Crippen LogP contribution in [0.1, 0.15) is 35.7 Å². The van der Waals surface area contributed by atoms with Crippen LogP contribution in [0.25, 0.3) is 10.9 Å². The highest BCUT2D eigenvalue weighted by molar-refractivity contribution is 7.81. The zero-order valence-corrected chi connectivity index (χ0v) is 17.0. The number of hydrogen-bond donors (Lipinski definition) is 3. The van der Waals surface area contributed by atoms with E-state index in [0.29, 0.717) is 25.0 Å². The van der Waals surface area contributed by atoms with Crippen molar-refractivity contribution in [2.75, 3.05) is 23.7 Å². The topological polar surface area (TPSA) is 91.6 Å².